The Bertz CT molecular complexity index is 343. The van der Waals surface area contributed by atoms with Crippen molar-refractivity contribution in [1.82, 2.24) is 0 Å². The van der Waals surface area contributed by atoms with E-state index in [1.807, 2.05) is 45.0 Å². The third-order valence-corrected chi connectivity index (χ3v) is 2.84. The first-order valence-electron chi connectivity index (χ1n) is 5.46. The number of hydrogen-bond donors (Lipinski definition) is 1. The highest BCUT2D eigenvalue weighted by molar-refractivity contribution is 7.80. The fourth-order valence-electron chi connectivity index (χ4n) is 1.17. The van der Waals surface area contributed by atoms with Gasteiger partial charge in [0.15, 0.2) is 0 Å². The van der Waals surface area contributed by atoms with Crippen molar-refractivity contribution in [2.75, 3.05) is 0 Å². The topological polar surface area (TPSA) is 26.3 Å². The maximum absolute atomic E-state index is 11.6. The molecule has 0 saturated heterocycles. The van der Waals surface area contributed by atoms with Crippen LogP contribution in [0.2, 0.25) is 0 Å². The third-order valence-electron chi connectivity index (χ3n) is 2.54. The molecule has 0 N–H and O–H groups in total. The first kappa shape index (κ1) is 13.1. The van der Waals surface area contributed by atoms with Gasteiger partial charge in [-0.3, -0.25) is 4.79 Å². The number of carbonyl (C=O) groups excluding carboxylic acids is 1. The molecule has 16 heavy (non-hydrogen) atoms. The summed E-state index contributed by atoms with van der Waals surface area (Å²) in [6.45, 7) is 5.99. The molecule has 0 heterocycles. The van der Waals surface area contributed by atoms with Gasteiger partial charge in [-0.15, -0.1) is 12.6 Å². The SMILES string of the molecule is CC(C)C(C)OC(=O)Cc1ccc(S)cc1. The van der Waals surface area contributed by atoms with Crippen molar-refractivity contribution in [3.63, 3.8) is 0 Å². The van der Waals surface area contributed by atoms with Gasteiger partial charge in [-0.2, -0.15) is 0 Å². The van der Waals surface area contributed by atoms with Crippen LogP contribution < -0.4 is 0 Å². The number of esters is 1. The number of ether oxygens (including phenoxy) is 1. The molecule has 1 rings (SSSR count). The average molecular weight is 238 g/mol. The summed E-state index contributed by atoms with van der Waals surface area (Å²) in [6, 6.07) is 7.53. The second kappa shape index (κ2) is 5.94. The molecule has 0 amide bonds. The molecule has 0 aliphatic carbocycles. The van der Waals surface area contributed by atoms with Crippen molar-refractivity contribution >= 4 is 18.6 Å². The summed E-state index contributed by atoms with van der Waals surface area (Å²) in [7, 11) is 0. The van der Waals surface area contributed by atoms with Crippen molar-refractivity contribution in [2.24, 2.45) is 5.92 Å². The standard InChI is InChI=1S/C13H18O2S/c1-9(2)10(3)15-13(14)8-11-4-6-12(16)7-5-11/h4-7,9-10,16H,8H2,1-3H3. The van der Waals surface area contributed by atoms with Crippen LogP contribution in [0.25, 0.3) is 0 Å². The quantitative estimate of drug-likeness (QED) is 0.644. The van der Waals surface area contributed by atoms with Crippen LogP contribution in [0, 0.1) is 5.92 Å². The lowest BCUT2D eigenvalue weighted by molar-refractivity contribution is -0.149. The van der Waals surface area contributed by atoms with Crippen molar-refractivity contribution in [3.8, 4) is 0 Å². The summed E-state index contributed by atoms with van der Waals surface area (Å²) in [5.41, 5.74) is 0.957. The van der Waals surface area contributed by atoms with E-state index in [0.717, 1.165) is 10.5 Å². The van der Waals surface area contributed by atoms with Crippen LogP contribution in [0.3, 0.4) is 0 Å². The van der Waals surface area contributed by atoms with Gasteiger partial charge in [0.05, 0.1) is 6.42 Å². The Balaban J connectivity index is 2.48. The highest BCUT2D eigenvalue weighted by atomic mass is 32.1. The summed E-state index contributed by atoms with van der Waals surface area (Å²) in [6.07, 6.45) is 0.294. The minimum Gasteiger partial charge on any atom is -0.462 e. The number of benzene rings is 1. The maximum atomic E-state index is 11.6. The minimum absolute atomic E-state index is 0.0309. The Morgan fingerprint density at radius 3 is 2.31 bits per heavy atom. The highest BCUT2D eigenvalue weighted by Gasteiger charge is 2.13. The Labute approximate surface area is 102 Å². The second-order valence-electron chi connectivity index (χ2n) is 4.28. The number of hydrogen-bond acceptors (Lipinski definition) is 3. The highest BCUT2D eigenvalue weighted by Crippen LogP contribution is 2.11. The van der Waals surface area contributed by atoms with Crippen molar-refractivity contribution in [3.05, 3.63) is 29.8 Å². The molecule has 0 aromatic heterocycles. The van der Waals surface area contributed by atoms with E-state index >= 15 is 0 Å². The Kier molecular flexibility index (Phi) is 4.87. The van der Waals surface area contributed by atoms with Gasteiger partial charge in [0.25, 0.3) is 0 Å². The lowest BCUT2D eigenvalue weighted by Gasteiger charge is -2.16. The zero-order valence-corrected chi connectivity index (χ0v) is 10.8. The van der Waals surface area contributed by atoms with E-state index in [2.05, 4.69) is 12.6 Å². The maximum Gasteiger partial charge on any atom is 0.310 e. The Hall–Kier alpha value is -0.960. The van der Waals surface area contributed by atoms with Crippen LogP contribution in [0.1, 0.15) is 26.3 Å². The summed E-state index contributed by atoms with van der Waals surface area (Å²) < 4.78 is 5.29. The first-order chi connectivity index (χ1) is 7.49. The first-order valence-corrected chi connectivity index (χ1v) is 5.91. The van der Waals surface area contributed by atoms with E-state index in [1.165, 1.54) is 0 Å². The minimum atomic E-state index is -0.173. The molecule has 1 aromatic rings. The molecule has 0 fully saturated rings. The Morgan fingerprint density at radius 1 is 1.25 bits per heavy atom. The van der Waals surface area contributed by atoms with Crippen LogP contribution in [0.5, 0.6) is 0 Å². The van der Waals surface area contributed by atoms with Gasteiger partial charge in [0.1, 0.15) is 6.10 Å². The molecule has 0 aliphatic rings. The molecule has 1 atom stereocenters. The molecule has 0 bridgehead atoms. The van der Waals surface area contributed by atoms with Gasteiger partial charge in [0, 0.05) is 4.90 Å². The molecule has 0 saturated carbocycles. The molecular weight excluding hydrogens is 220 g/mol. The van der Waals surface area contributed by atoms with Gasteiger partial charge < -0.3 is 4.74 Å². The normalized spacial score (nSPS) is 12.6. The second-order valence-corrected chi connectivity index (χ2v) is 4.80. The van der Waals surface area contributed by atoms with Crippen LogP contribution in [-0.4, -0.2) is 12.1 Å². The molecule has 1 unspecified atom stereocenters. The van der Waals surface area contributed by atoms with Crippen molar-refractivity contribution in [2.45, 2.75) is 38.2 Å². The summed E-state index contributed by atoms with van der Waals surface area (Å²) in [5.74, 6) is 0.178. The summed E-state index contributed by atoms with van der Waals surface area (Å²) >= 11 is 4.19. The van der Waals surface area contributed by atoms with Gasteiger partial charge in [-0.1, -0.05) is 26.0 Å². The molecule has 88 valence electrons. The van der Waals surface area contributed by atoms with Gasteiger partial charge in [0.2, 0.25) is 0 Å². The third kappa shape index (κ3) is 4.27. The molecule has 1 aromatic carbocycles. The molecular formula is C13H18O2S. The fourth-order valence-corrected chi connectivity index (χ4v) is 1.31. The largest absolute Gasteiger partial charge is 0.462 e. The fraction of sp³-hybridized carbons (Fsp3) is 0.462. The van der Waals surface area contributed by atoms with Gasteiger partial charge in [-0.25, -0.2) is 0 Å². The molecule has 2 nitrogen and oxygen atoms in total. The average Bonchev–Trinajstić information content (AvgIpc) is 2.21. The van der Waals surface area contributed by atoms with E-state index in [0.29, 0.717) is 12.3 Å². The number of carbonyl (C=O) groups is 1. The van der Waals surface area contributed by atoms with E-state index in [-0.39, 0.29) is 12.1 Å². The van der Waals surface area contributed by atoms with E-state index in [4.69, 9.17) is 4.74 Å². The zero-order chi connectivity index (χ0) is 12.1. The smallest absolute Gasteiger partial charge is 0.310 e. The monoisotopic (exact) mass is 238 g/mol. The van der Waals surface area contributed by atoms with Crippen LogP contribution in [-0.2, 0) is 16.0 Å². The molecule has 0 radical (unpaired) electrons. The van der Waals surface area contributed by atoms with Crippen molar-refractivity contribution < 1.29 is 9.53 Å². The van der Waals surface area contributed by atoms with Crippen molar-refractivity contribution in [1.29, 1.82) is 0 Å². The summed E-state index contributed by atoms with van der Waals surface area (Å²) in [4.78, 5) is 12.5. The number of rotatable bonds is 4. The van der Waals surface area contributed by atoms with Gasteiger partial charge in [-0.05, 0) is 30.5 Å². The van der Waals surface area contributed by atoms with Crippen LogP contribution >= 0.6 is 12.6 Å². The predicted octanol–water partition coefficient (Wildman–Crippen LogP) is 3.11. The van der Waals surface area contributed by atoms with Gasteiger partial charge >= 0.3 is 5.97 Å². The van der Waals surface area contributed by atoms with Crippen LogP contribution in [0.4, 0.5) is 0 Å². The Morgan fingerprint density at radius 2 is 1.81 bits per heavy atom. The molecule has 3 heteroatoms. The lowest BCUT2D eigenvalue weighted by atomic mass is 10.1. The zero-order valence-electron chi connectivity index (χ0n) is 9.93. The number of thiol groups is 1. The lowest BCUT2D eigenvalue weighted by Crippen LogP contribution is -2.21. The molecule has 0 spiro atoms. The summed E-state index contributed by atoms with van der Waals surface area (Å²) in [5, 5.41) is 0. The van der Waals surface area contributed by atoms with E-state index in [1.54, 1.807) is 0 Å². The van der Waals surface area contributed by atoms with E-state index in [9.17, 15) is 4.79 Å². The van der Waals surface area contributed by atoms with Crippen LogP contribution in [0.15, 0.2) is 29.2 Å². The predicted molar refractivity (Wildman–Crippen MR) is 67.8 cm³/mol. The van der Waals surface area contributed by atoms with E-state index < -0.39 is 0 Å². The molecule has 0 aliphatic heterocycles.